The molecule has 3 aromatic carbocycles. The van der Waals surface area contributed by atoms with E-state index in [4.69, 9.17) is 11.6 Å². The van der Waals surface area contributed by atoms with Gasteiger partial charge >= 0.3 is 0 Å². The Kier molecular flexibility index (Phi) is 5.66. The second kappa shape index (κ2) is 8.32. The molecule has 0 aliphatic carbocycles. The number of para-hydroxylation sites is 2. The fourth-order valence-electron chi connectivity index (χ4n) is 2.34. The summed E-state index contributed by atoms with van der Waals surface area (Å²) in [7, 11) is 0. The summed E-state index contributed by atoms with van der Waals surface area (Å²) in [6.45, 7) is 0. The molecule has 0 aliphatic rings. The number of phenols is 2. The average Bonchev–Trinajstić information content (AvgIpc) is 2.65. The monoisotopic (exact) mass is 364 g/mol. The topological polar surface area (TPSA) is 65.2 Å². The molecule has 0 fully saturated rings. The second-order valence-corrected chi connectivity index (χ2v) is 6.04. The number of aliphatic imine (C=N–C) groups is 2. The van der Waals surface area contributed by atoms with E-state index in [1.165, 1.54) is 0 Å². The van der Waals surface area contributed by atoms with E-state index in [1.54, 1.807) is 61.0 Å². The molecule has 5 heteroatoms. The van der Waals surface area contributed by atoms with Crippen molar-refractivity contribution in [3.05, 3.63) is 94.5 Å². The fourth-order valence-corrected chi connectivity index (χ4v) is 2.47. The van der Waals surface area contributed by atoms with Gasteiger partial charge in [0.15, 0.2) is 6.17 Å². The number of hydrogen-bond acceptors (Lipinski definition) is 4. The minimum atomic E-state index is -0.536. The Balaban J connectivity index is 1.93. The van der Waals surface area contributed by atoms with Crippen LogP contribution in [0, 0.1) is 0 Å². The van der Waals surface area contributed by atoms with Crippen molar-refractivity contribution < 1.29 is 10.2 Å². The maximum atomic E-state index is 9.89. The van der Waals surface area contributed by atoms with Crippen LogP contribution in [0.4, 0.5) is 0 Å². The summed E-state index contributed by atoms with van der Waals surface area (Å²) in [6.07, 6.45) is 2.62. The Morgan fingerprint density at radius 1 is 0.692 bits per heavy atom. The van der Waals surface area contributed by atoms with Gasteiger partial charge in [0, 0.05) is 28.6 Å². The van der Waals surface area contributed by atoms with Gasteiger partial charge in [0.2, 0.25) is 0 Å². The largest absolute Gasteiger partial charge is 0.507 e. The van der Waals surface area contributed by atoms with Crippen LogP contribution in [0.5, 0.6) is 11.5 Å². The molecule has 0 unspecified atom stereocenters. The minimum absolute atomic E-state index is 0.149. The van der Waals surface area contributed by atoms with E-state index in [2.05, 4.69) is 9.98 Å². The predicted molar refractivity (Wildman–Crippen MR) is 106 cm³/mol. The molecule has 0 aromatic heterocycles. The zero-order valence-electron chi connectivity index (χ0n) is 13.8. The molecule has 3 aromatic rings. The normalized spacial score (nSPS) is 11.6. The van der Waals surface area contributed by atoms with Crippen LogP contribution in [0.2, 0.25) is 5.02 Å². The lowest BCUT2D eigenvalue weighted by Gasteiger charge is -2.09. The number of rotatable bonds is 5. The summed E-state index contributed by atoms with van der Waals surface area (Å²) in [5.41, 5.74) is 2.04. The molecule has 0 radical (unpaired) electrons. The number of halogens is 1. The van der Waals surface area contributed by atoms with Crippen molar-refractivity contribution in [2.45, 2.75) is 6.17 Å². The van der Waals surface area contributed by atoms with Gasteiger partial charge in [-0.05, 0) is 42.0 Å². The molecule has 0 spiro atoms. The van der Waals surface area contributed by atoms with Gasteiger partial charge in [-0.1, -0.05) is 48.0 Å². The number of phenolic OH excluding ortho intramolecular Hbond substituents is 2. The van der Waals surface area contributed by atoms with Crippen molar-refractivity contribution in [3.8, 4) is 11.5 Å². The molecule has 26 heavy (non-hydrogen) atoms. The fraction of sp³-hybridized carbons (Fsp3) is 0.0476. The van der Waals surface area contributed by atoms with Gasteiger partial charge in [0.1, 0.15) is 11.5 Å². The van der Waals surface area contributed by atoms with Crippen molar-refractivity contribution >= 4 is 24.0 Å². The van der Waals surface area contributed by atoms with Gasteiger partial charge in [-0.2, -0.15) is 0 Å². The maximum absolute atomic E-state index is 9.89. The van der Waals surface area contributed by atoms with Crippen LogP contribution in [-0.2, 0) is 0 Å². The van der Waals surface area contributed by atoms with Crippen LogP contribution in [-0.4, -0.2) is 22.6 Å². The molecule has 2 N–H and O–H groups in total. The van der Waals surface area contributed by atoms with Crippen molar-refractivity contribution in [1.29, 1.82) is 0 Å². The number of hydrogen-bond donors (Lipinski definition) is 2. The molecule has 130 valence electrons. The first-order valence-electron chi connectivity index (χ1n) is 8.01. The summed E-state index contributed by atoms with van der Waals surface area (Å²) in [5, 5.41) is 20.4. The average molecular weight is 365 g/mol. The molecular formula is C21H17ClN2O2. The van der Waals surface area contributed by atoms with Crippen LogP contribution < -0.4 is 0 Å². The van der Waals surface area contributed by atoms with E-state index in [0.717, 1.165) is 5.56 Å². The van der Waals surface area contributed by atoms with Crippen LogP contribution >= 0.6 is 11.6 Å². The Bertz CT molecular complexity index is 881. The third-order valence-corrected chi connectivity index (χ3v) is 4.00. The highest BCUT2D eigenvalue weighted by Gasteiger charge is 2.08. The quantitative estimate of drug-likeness (QED) is 0.626. The van der Waals surface area contributed by atoms with Gasteiger partial charge in [0.05, 0.1) is 0 Å². The maximum Gasteiger partial charge on any atom is 0.165 e. The summed E-state index contributed by atoms with van der Waals surface area (Å²) >= 11 is 5.96. The highest BCUT2D eigenvalue weighted by Crippen LogP contribution is 2.23. The lowest BCUT2D eigenvalue weighted by molar-refractivity contribution is 0.474. The van der Waals surface area contributed by atoms with Crippen LogP contribution in [0.25, 0.3) is 0 Å². The van der Waals surface area contributed by atoms with Crippen LogP contribution in [0.1, 0.15) is 22.9 Å². The Labute approximate surface area is 156 Å². The molecule has 0 amide bonds. The molecule has 0 bridgehead atoms. The lowest BCUT2D eigenvalue weighted by atomic mass is 10.1. The van der Waals surface area contributed by atoms with E-state index in [9.17, 15) is 10.2 Å². The van der Waals surface area contributed by atoms with E-state index in [-0.39, 0.29) is 11.5 Å². The summed E-state index contributed by atoms with van der Waals surface area (Å²) in [5.74, 6) is 0.298. The van der Waals surface area contributed by atoms with Gasteiger partial charge in [-0.3, -0.25) is 9.98 Å². The highest BCUT2D eigenvalue weighted by atomic mass is 35.5. The summed E-state index contributed by atoms with van der Waals surface area (Å²) < 4.78 is 0. The van der Waals surface area contributed by atoms with E-state index < -0.39 is 6.17 Å². The van der Waals surface area contributed by atoms with E-state index in [0.29, 0.717) is 16.1 Å². The third-order valence-electron chi connectivity index (χ3n) is 3.75. The zero-order chi connectivity index (χ0) is 18.4. The lowest BCUT2D eigenvalue weighted by Crippen LogP contribution is -1.95. The summed E-state index contributed by atoms with van der Waals surface area (Å²) in [4.78, 5) is 8.98. The molecule has 0 saturated carbocycles. The highest BCUT2D eigenvalue weighted by molar-refractivity contribution is 6.30. The number of benzene rings is 3. The minimum Gasteiger partial charge on any atom is -0.507 e. The zero-order valence-corrected chi connectivity index (χ0v) is 14.6. The van der Waals surface area contributed by atoms with Crippen molar-refractivity contribution in [2.24, 2.45) is 9.98 Å². The Morgan fingerprint density at radius 2 is 1.15 bits per heavy atom. The van der Waals surface area contributed by atoms with E-state index in [1.807, 2.05) is 24.3 Å². The third kappa shape index (κ3) is 4.49. The van der Waals surface area contributed by atoms with Gasteiger partial charge in [-0.15, -0.1) is 0 Å². The van der Waals surface area contributed by atoms with E-state index >= 15 is 0 Å². The molecule has 0 aliphatic heterocycles. The first-order chi connectivity index (χ1) is 12.6. The van der Waals surface area contributed by atoms with Crippen molar-refractivity contribution in [3.63, 3.8) is 0 Å². The SMILES string of the molecule is Oc1ccccc1/C=N/C(/N=C/c1ccccc1O)c1ccc(Cl)cc1. The molecule has 4 nitrogen and oxygen atoms in total. The van der Waals surface area contributed by atoms with Gasteiger partial charge in [-0.25, -0.2) is 0 Å². The molecule has 0 heterocycles. The molecule has 0 saturated heterocycles. The number of nitrogens with zero attached hydrogens (tertiary/aromatic N) is 2. The van der Waals surface area contributed by atoms with Crippen LogP contribution in [0.3, 0.4) is 0 Å². The number of aromatic hydroxyl groups is 2. The molecule has 0 atom stereocenters. The standard InChI is InChI=1S/C21H17ClN2O2/c22-18-11-9-15(10-12-18)21(23-13-16-5-1-3-7-19(16)25)24-14-17-6-2-4-8-20(17)26/h1-14,21,25-26H/b23-13+,24-14+. The smallest absolute Gasteiger partial charge is 0.165 e. The van der Waals surface area contributed by atoms with Gasteiger partial charge < -0.3 is 10.2 Å². The first-order valence-corrected chi connectivity index (χ1v) is 8.39. The van der Waals surface area contributed by atoms with Gasteiger partial charge in [0.25, 0.3) is 0 Å². The summed E-state index contributed by atoms with van der Waals surface area (Å²) in [6, 6.07) is 21.1. The van der Waals surface area contributed by atoms with Crippen LogP contribution in [0.15, 0.2) is 82.8 Å². The van der Waals surface area contributed by atoms with Crippen molar-refractivity contribution in [2.75, 3.05) is 0 Å². The van der Waals surface area contributed by atoms with Crippen molar-refractivity contribution in [1.82, 2.24) is 0 Å². The molecular weight excluding hydrogens is 348 g/mol. The Morgan fingerprint density at radius 3 is 1.62 bits per heavy atom. The second-order valence-electron chi connectivity index (χ2n) is 5.60. The Hall–Kier alpha value is -3.11. The molecule has 3 rings (SSSR count). The first kappa shape index (κ1) is 17.7. The predicted octanol–water partition coefficient (Wildman–Crippen LogP) is 4.99.